The van der Waals surface area contributed by atoms with E-state index in [-0.39, 0.29) is 5.56 Å². The lowest BCUT2D eigenvalue weighted by molar-refractivity contribution is 0.389. The van der Waals surface area contributed by atoms with E-state index < -0.39 is 0 Å². The quantitative estimate of drug-likeness (QED) is 0.707. The van der Waals surface area contributed by atoms with Gasteiger partial charge in [0.05, 0.1) is 19.3 Å². The number of pyridine rings is 1. The first kappa shape index (κ1) is 15.8. The molecular weight excluding hydrogens is 304 g/mol. The molecule has 0 saturated carbocycles. The summed E-state index contributed by atoms with van der Waals surface area (Å²) >= 11 is 0. The third-order valence-corrected chi connectivity index (χ3v) is 3.82. The summed E-state index contributed by atoms with van der Waals surface area (Å²) in [4.78, 5) is 11.9. The van der Waals surface area contributed by atoms with Crippen LogP contribution < -0.4 is 15.8 Å². The molecule has 0 atom stereocenters. The van der Waals surface area contributed by atoms with Crippen molar-refractivity contribution in [3.8, 4) is 16.9 Å². The van der Waals surface area contributed by atoms with Crippen LogP contribution in [0.1, 0.15) is 5.56 Å². The van der Waals surface area contributed by atoms with Gasteiger partial charge in [-0.05, 0) is 41.5 Å². The Labute approximate surface area is 139 Å². The second kappa shape index (κ2) is 7.02. The molecule has 24 heavy (non-hydrogen) atoms. The van der Waals surface area contributed by atoms with Crippen molar-refractivity contribution in [2.45, 2.75) is 6.54 Å². The largest absolute Gasteiger partial charge is 0.496 e. The number of nitrogens with one attached hydrogen (secondary N) is 1. The molecule has 0 radical (unpaired) electrons. The first-order valence-electron chi connectivity index (χ1n) is 7.54. The Bertz CT molecular complexity index is 903. The Morgan fingerprint density at radius 2 is 1.96 bits per heavy atom. The van der Waals surface area contributed by atoms with Gasteiger partial charge in [-0.3, -0.25) is 15.5 Å². The van der Waals surface area contributed by atoms with Crippen LogP contribution in [0.3, 0.4) is 0 Å². The van der Waals surface area contributed by atoms with Crippen LogP contribution in [0.25, 0.3) is 11.1 Å². The van der Waals surface area contributed by atoms with Crippen molar-refractivity contribution in [2.75, 3.05) is 12.6 Å². The minimum atomic E-state index is -0.0404. The minimum absolute atomic E-state index is 0.0404. The number of methoxy groups -OCH3 is 1. The molecule has 0 bridgehead atoms. The molecule has 0 aliphatic carbocycles. The number of hydrogen-bond acceptors (Lipinski definition) is 4. The van der Waals surface area contributed by atoms with Crippen LogP contribution in [0, 0.1) is 0 Å². The molecule has 5 nitrogen and oxygen atoms in total. The molecule has 0 fully saturated rings. The zero-order valence-corrected chi connectivity index (χ0v) is 13.3. The first-order chi connectivity index (χ1) is 11.7. The van der Waals surface area contributed by atoms with Crippen LogP contribution in [-0.4, -0.2) is 16.9 Å². The van der Waals surface area contributed by atoms with E-state index in [4.69, 9.17) is 9.94 Å². The molecule has 122 valence electrons. The molecule has 0 aliphatic heterocycles. The molecule has 5 heteroatoms. The number of aromatic nitrogens is 1. The highest BCUT2D eigenvalue weighted by atomic mass is 16.5. The van der Waals surface area contributed by atoms with E-state index in [9.17, 15) is 4.79 Å². The second-order valence-electron chi connectivity index (χ2n) is 5.39. The second-order valence-corrected chi connectivity index (χ2v) is 5.39. The number of hydrogen-bond donors (Lipinski definition) is 2. The van der Waals surface area contributed by atoms with E-state index in [0.29, 0.717) is 12.2 Å². The Kier molecular flexibility index (Phi) is 4.63. The summed E-state index contributed by atoms with van der Waals surface area (Å²) in [7, 11) is 1.62. The molecular formula is C19H18N2O3. The Balaban J connectivity index is 2.02. The van der Waals surface area contributed by atoms with Crippen LogP contribution in [0.4, 0.5) is 5.69 Å². The maximum Gasteiger partial charge on any atom is 0.250 e. The summed E-state index contributed by atoms with van der Waals surface area (Å²) < 4.78 is 7.10. The average Bonchev–Trinajstić information content (AvgIpc) is 2.63. The average molecular weight is 322 g/mol. The normalized spacial score (nSPS) is 10.4. The molecule has 3 rings (SSSR count). The van der Waals surface area contributed by atoms with Crippen LogP contribution in [0.2, 0.25) is 0 Å². The predicted molar refractivity (Wildman–Crippen MR) is 93.6 cm³/mol. The number of ether oxygens (including phenoxy) is 1. The maximum atomic E-state index is 11.9. The van der Waals surface area contributed by atoms with E-state index in [1.54, 1.807) is 36.1 Å². The minimum Gasteiger partial charge on any atom is -0.496 e. The monoisotopic (exact) mass is 322 g/mol. The van der Waals surface area contributed by atoms with E-state index in [2.05, 4.69) is 5.48 Å². The highest BCUT2D eigenvalue weighted by Crippen LogP contribution is 2.32. The van der Waals surface area contributed by atoms with E-state index in [1.165, 1.54) is 0 Å². The lowest BCUT2D eigenvalue weighted by Crippen LogP contribution is -2.18. The molecule has 0 aliphatic rings. The van der Waals surface area contributed by atoms with Gasteiger partial charge in [0.1, 0.15) is 5.75 Å². The van der Waals surface area contributed by atoms with Gasteiger partial charge in [0, 0.05) is 17.8 Å². The topological polar surface area (TPSA) is 63.5 Å². The van der Waals surface area contributed by atoms with Gasteiger partial charge >= 0.3 is 0 Å². The van der Waals surface area contributed by atoms with Crippen molar-refractivity contribution in [3.63, 3.8) is 0 Å². The van der Waals surface area contributed by atoms with Gasteiger partial charge < -0.3 is 9.30 Å². The fourth-order valence-electron chi connectivity index (χ4n) is 2.62. The molecule has 1 aromatic heterocycles. The van der Waals surface area contributed by atoms with Crippen molar-refractivity contribution in [1.82, 2.24) is 4.57 Å². The van der Waals surface area contributed by atoms with Gasteiger partial charge in [-0.15, -0.1) is 0 Å². The standard InChI is InChI=1S/C19H18N2O3/c1-24-18-9-8-14(13-21-10-3-2-7-19(21)22)11-17(18)15-5-4-6-16(12-15)20-23/h2-12,20,23H,13H2,1H3. The summed E-state index contributed by atoms with van der Waals surface area (Å²) in [5.41, 5.74) is 5.50. The third-order valence-electron chi connectivity index (χ3n) is 3.82. The van der Waals surface area contributed by atoms with E-state index in [0.717, 1.165) is 22.4 Å². The number of anilines is 1. The van der Waals surface area contributed by atoms with Crippen molar-refractivity contribution in [1.29, 1.82) is 0 Å². The van der Waals surface area contributed by atoms with Gasteiger partial charge in [-0.2, -0.15) is 0 Å². The fraction of sp³-hybridized carbons (Fsp3) is 0.105. The summed E-state index contributed by atoms with van der Waals surface area (Å²) in [5.74, 6) is 0.731. The van der Waals surface area contributed by atoms with Crippen LogP contribution in [0.15, 0.2) is 71.7 Å². The summed E-state index contributed by atoms with van der Waals surface area (Å²) in [6.07, 6.45) is 1.77. The smallest absolute Gasteiger partial charge is 0.250 e. The summed E-state index contributed by atoms with van der Waals surface area (Å²) in [6.45, 7) is 0.481. The third kappa shape index (κ3) is 3.31. The maximum absolute atomic E-state index is 11.9. The number of nitrogens with zero attached hydrogens (tertiary/aromatic N) is 1. The highest BCUT2D eigenvalue weighted by molar-refractivity contribution is 5.74. The molecule has 1 heterocycles. The Morgan fingerprint density at radius 3 is 2.71 bits per heavy atom. The summed E-state index contributed by atoms with van der Waals surface area (Å²) in [5, 5.41) is 9.10. The van der Waals surface area contributed by atoms with Gasteiger partial charge in [0.15, 0.2) is 0 Å². The van der Waals surface area contributed by atoms with E-state index >= 15 is 0 Å². The lowest BCUT2D eigenvalue weighted by atomic mass is 10.0. The van der Waals surface area contributed by atoms with Crippen molar-refractivity contribution >= 4 is 5.69 Å². The van der Waals surface area contributed by atoms with Gasteiger partial charge in [0.25, 0.3) is 5.56 Å². The Morgan fingerprint density at radius 1 is 1.08 bits per heavy atom. The lowest BCUT2D eigenvalue weighted by Gasteiger charge is -2.13. The molecule has 0 spiro atoms. The SMILES string of the molecule is COc1ccc(Cn2ccccc2=O)cc1-c1cccc(NO)c1. The predicted octanol–water partition coefficient (Wildman–Crippen LogP) is 3.37. The first-order valence-corrected chi connectivity index (χ1v) is 7.54. The fourth-order valence-corrected chi connectivity index (χ4v) is 2.62. The molecule has 3 aromatic rings. The van der Waals surface area contributed by atoms with E-state index in [1.807, 2.05) is 42.5 Å². The van der Waals surface area contributed by atoms with Crippen molar-refractivity contribution in [2.24, 2.45) is 0 Å². The highest BCUT2D eigenvalue weighted by Gasteiger charge is 2.09. The van der Waals surface area contributed by atoms with Crippen LogP contribution >= 0.6 is 0 Å². The van der Waals surface area contributed by atoms with Crippen molar-refractivity contribution < 1.29 is 9.94 Å². The number of benzene rings is 2. The van der Waals surface area contributed by atoms with Gasteiger partial charge in [-0.25, -0.2) is 0 Å². The van der Waals surface area contributed by atoms with Crippen molar-refractivity contribution in [3.05, 3.63) is 82.8 Å². The zero-order valence-electron chi connectivity index (χ0n) is 13.3. The van der Waals surface area contributed by atoms with Gasteiger partial charge in [-0.1, -0.05) is 24.3 Å². The molecule has 2 aromatic carbocycles. The molecule has 0 amide bonds. The Hall–Kier alpha value is -3.05. The summed E-state index contributed by atoms with van der Waals surface area (Å²) in [6, 6.07) is 18.3. The van der Waals surface area contributed by atoms with Crippen LogP contribution in [-0.2, 0) is 6.54 Å². The van der Waals surface area contributed by atoms with Gasteiger partial charge in [0.2, 0.25) is 0 Å². The molecule has 0 saturated heterocycles. The zero-order chi connectivity index (χ0) is 16.9. The molecule has 0 unspecified atom stereocenters. The number of rotatable bonds is 5. The molecule has 2 N–H and O–H groups in total. The van der Waals surface area contributed by atoms with Crippen LogP contribution in [0.5, 0.6) is 5.75 Å².